The maximum Gasteiger partial charge on any atom is 0.274 e. The molecule has 7 heteroatoms. The van der Waals surface area contributed by atoms with Crippen molar-refractivity contribution in [3.63, 3.8) is 0 Å². The number of fused-ring (bicyclic) bond motifs is 1. The van der Waals surface area contributed by atoms with E-state index in [0.29, 0.717) is 29.9 Å². The normalized spacial score (nSPS) is 21.4. The van der Waals surface area contributed by atoms with Crippen molar-refractivity contribution in [2.75, 3.05) is 26.3 Å². The van der Waals surface area contributed by atoms with Crippen molar-refractivity contribution in [3.8, 4) is 0 Å². The second-order valence-corrected chi connectivity index (χ2v) is 7.92. The summed E-state index contributed by atoms with van der Waals surface area (Å²) in [5.41, 5.74) is 2.19. The van der Waals surface area contributed by atoms with Crippen LogP contribution in [-0.2, 0) is 11.3 Å². The Balaban J connectivity index is 1.63. The number of hydrogen-bond acceptors (Lipinski definition) is 4. The molecule has 146 valence electrons. The standard InChI is InChI=1S/C20H27ClN4O2/c21-15-6-7-18-23-19(20(26)24-9-4-2-1-3-5-10-24)17(25(18)13-15)12-22-16-8-11-27-14-16/h6-7,13,16,22H,1-5,8-12,14H2. The van der Waals surface area contributed by atoms with Crippen LogP contribution in [0.2, 0.25) is 5.02 Å². The molecule has 1 N–H and O–H groups in total. The molecule has 1 atom stereocenters. The molecule has 2 fully saturated rings. The van der Waals surface area contributed by atoms with Crippen molar-refractivity contribution >= 4 is 23.2 Å². The lowest BCUT2D eigenvalue weighted by Gasteiger charge is -2.24. The molecule has 0 bridgehead atoms. The molecule has 27 heavy (non-hydrogen) atoms. The summed E-state index contributed by atoms with van der Waals surface area (Å²) in [5.74, 6) is 0.0381. The monoisotopic (exact) mass is 390 g/mol. The van der Waals surface area contributed by atoms with Crippen LogP contribution in [0.15, 0.2) is 18.3 Å². The Hall–Kier alpha value is -1.63. The van der Waals surface area contributed by atoms with E-state index in [0.717, 1.165) is 50.3 Å². The van der Waals surface area contributed by atoms with Crippen LogP contribution >= 0.6 is 11.6 Å². The summed E-state index contributed by atoms with van der Waals surface area (Å²) in [6, 6.07) is 4.00. The van der Waals surface area contributed by atoms with E-state index in [1.165, 1.54) is 19.3 Å². The number of pyridine rings is 1. The highest BCUT2D eigenvalue weighted by Gasteiger charge is 2.25. The molecular weight excluding hydrogens is 364 g/mol. The van der Waals surface area contributed by atoms with Gasteiger partial charge in [0.2, 0.25) is 0 Å². The van der Waals surface area contributed by atoms with Crippen LogP contribution in [0.3, 0.4) is 0 Å². The lowest BCUT2D eigenvalue weighted by atomic mass is 10.1. The first kappa shape index (κ1) is 18.7. The molecule has 0 saturated carbocycles. The number of likely N-dealkylation sites (tertiary alicyclic amines) is 1. The highest BCUT2D eigenvalue weighted by Crippen LogP contribution is 2.20. The second kappa shape index (κ2) is 8.59. The summed E-state index contributed by atoms with van der Waals surface area (Å²) in [5, 5.41) is 4.15. The second-order valence-electron chi connectivity index (χ2n) is 7.48. The van der Waals surface area contributed by atoms with Gasteiger partial charge in [-0.15, -0.1) is 0 Å². The predicted octanol–water partition coefficient (Wildman–Crippen LogP) is 3.27. The number of aromatic nitrogens is 2. The van der Waals surface area contributed by atoms with Gasteiger partial charge in [0.05, 0.1) is 17.3 Å². The number of amides is 1. The summed E-state index contributed by atoms with van der Waals surface area (Å²) in [6.45, 7) is 3.71. The third kappa shape index (κ3) is 4.28. The van der Waals surface area contributed by atoms with E-state index in [4.69, 9.17) is 16.3 Å². The van der Waals surface area contributed by atoms with E-state index in [1.807, 2.05) is 27.6 Å². The summed E-state index contributed by atoms with van der Waals surface area (Å²) in [4.78, 5) is 19.9. The molecule has 0 aliphatic carbocycles. The summed E-state index contributed by atoms with van der Waals surface area (Å²) >= 11 is 6.21. The first-order chi connectivity index (χ1) is 13.2. The van der Waals surface area contributed by atoms with Gasteiger partial charge >= 0.3 is 0 Å². The van der Waals surface area contributed by atoms with Gasteiger partial charge < -0.3 is 19.4 Å². The molecule has 1 amide bonds. The quantitative estimate of drug-likeness (QED) is 0.870. The highest BCUT2D eigenvalue weighted by molar-refractivity contribution is 6.30. The van der Waals surface area contributed by atoms with Crippen molar-refractivity contribution in [1.29, 1.82) is 0 Å². The Labute approximate surface area is 164 Å². The molecule has 2 aromatic rings. The fourth-order valence-electron chi connectivity index (χ4n) is 3.94. The number of carbonyl (C=O) groups excluding carboxylic acids is 1. The number of halogens is 1. The van der Waals surface area contributed by atoms with Gasteiger partial charge in [0.25, 0.3) is 5.91 Å². The Bertz CT molecular complexity index is 793. The van der Waals surface area contributed by atoms with Crippen LogP contribution in [0.5, 0.6) is 0 Å². The smallest absolute Gasteiger partial charge is 0.274 e. The Morgan fingerprint density at radius 2 is 2.00 bits per heavy atom. The Morgan fingerprint density at radius 3 is 2.74 bits per heavy atom. The van der Waals surface area contributed by atoms with Crippen molar-refractivity contribution in [2.45, 2.75) is 51.1 Å². The van der Waals surface area contributed by atoms with Crippen LogP contribution in [0.25, 0.3) is 5.65 Å². The lowest BCUT2D eigenvalue weighted by molar-refractivity contribution is 0.0735. The van der Waals surface area contributed by atoms with Gasteiger partial charge in [-0.1, -0.05) is 30.9 Å². The maximum atomic E-state index is 13.3. The number of ether oxygens (including phenoxy) is 1. The Kier molecular flexibility index (Phi) is 5.95. The molecule has 4 rings (SSSR count). The number of rotatable bonds is 4. The molecule has 2 aliphatic rings. The van der Waals surface area contributed by atoms with Crippen LogP contribution in [0.4, 0.5) is 0 Å². The SMILES string of the molecule is O=C(c1nc2ccc(Cl)cn2c1CNC1CCOC1)N1CCCCCCC1. The highest BCUT2D eigenvalue weighted by atomic mass is 35.5. The fraction of sp³-hybridized carbons (Fsp3) is 0.600. The van der Waals surface area contributed by atoms with Crippen LogP contribution in [0.1, 0.15) is 54.7 Å². The van der Waals surface area contributed by atoms with Gasteiger partial charge in [-0.05, 0) is 31.4 Å². The number of hydrogen-bond donors (Lipinski definition) is 1. The zero-order valence-electron chi connectivity index (χ0n) is 15.6. The molecule has 6 nitrogen and oxygen atoms in total. The number of carbonyl (C=O) groups is 1. The third-order valence-electron chi connectivity index (χ3n) is 5.52. The first-order valence-corrected chi connectivity index (χ1v) is 10.4. The van der Waals surface area contributed by atoms with Crippen molar-refractivity contribution in [3.05, 3.63) is 34.7 Å². The molecular formula is C20H27ClN4O2. The minimum absolute atomic E-state index is 0.0381. The molecule has 2 aromatic heterocycles. The molecule has 0 aromatic carbocycles. The van der Waals surface area contributed by atoms with E-state index in [1.54, 1.807) is 0 Å². The van der Waals surface area contributed by atoms with Gasteiger partial charge in [-0.2, -0.15) is 0 Å². The number of nitrogens with one attached hydrogen (secondary N) is 1. The minimum Gasteiger partial charge on any atom is -0.380 e. The third-order valence-corrected chi connectivity index (χ3v) is 5.74. The average molecular weight is 391 g/mol. The first-order valence-electron chi connectivity index (χ1n) is 9.99. The molecule has 2 saturated heterocycles. The zero-order valence-corrected chi connectivity index (χ0v) is 16.4. The largest absolute Gasteiger partial charge is 0.380 e. The number of imidazole rings is 1. The van der Waals surface area contributed by atoms with Crippen molar-refractivity contribution < 1.29 is 9.53 Å². The van der Waals surface area contributed by atoms with E-state index >= 15 is 0 Å². The van der Waals surface area contributed by atoms with Gasteiger partial charge in [0.1, 0.15) is 5.65 Å². The van der Waals surface area contributed by atoms with Crippen LogP contribution in [0, 0.1) is 0 Å². The van der Waals surface area contributed by atoms with Gasteiger partial charge in [-0.3, -0.25) is 4.79 Å². The molecule has 0 radical (unpaired) electrons. The van der Waals surface area contributed by atoms with Crippen molar-refractivity contribution in [2.24, 2.45) is 0 Å². The number of nitrogens with zero attached hydrogens (tertiary/aromatic N) is 3. The molecule has 0 spiro atoms. The lowest BCUT2D eigenvalue weighted by Crippen LogP contribution is -2.35. The fourth-order valence-corrected chi connectivity index (χ4v) is 4.11. The van der Waals surface area contributed by atoms with Gasteiger partial charge in [0.15, 0.2) is 5.69 Å². The molecule has 2 aliphatic heterocycles. The molecule has 1 unspecified atom stereocenters. The average Bonchev–Trinajstić information content (AvgIpc) is 3.26. The minimum atomic E-state index is 0.0381. The summed E-state index contributed by atoms with van der Waals surface area (Å²) in [6.07, 6.45) is 8.63. The predicted molar refractivity (Wildman–Crippen MR) is 105 cm³/mol. The zero-order chi connectivity index (χ0) is 18.6. The topological polar surface area (TPSA) is 58.9 Å². The van der Waals surface area contributed by atoms with Crippen LogP contribution < -0.4 is 5.32 Å². The van der Waals surface area contributed by atoms with Crippen molar-refractivity contribution in [1.82, 2.24) is 19.6 Å². The van der Waals surface area contributed by atoms with Crippen LogP contribution in [-0.4, -0.2) is 52.5 Å². The Morgan fingerprint density at radius 1 is 1.22 bits per heavy atom. The maximum absolute atomic E-state index is 13.3. The summed E-state index contributed by atoms with van der Waals surface area (Å²) in [7, 11) is 0. The van der Waals surface area contributed by atoms with E-state index in [9.17, 15) is 4.79 Å². The van der Waals surface area contributed by atoms with E-state index in [-0.39, 0.29) is 5.91 Å². The van der Waals surface area contributed by atoms with E-state index in [2.05, 4.69) is 10.3 Å². The summed E-state index contributed by atoms with van der Waals surface area (Å²) < 4.78 is 7.40. The van der Waals surface area contributed by atoms with Gasteiger partial charge in [-0.25, -0.2) is 4.98 Å². The van der Waals surface area contributed by atoms with E-state index < -0.39 is 0 Å². The molecule has 4 heterocycles. The van der Waals surface area contributed by atoms with Gasteiger partial charge in [0, 0.05) is 38.5 Å².